The lowest BCUT2D eigenvalue weighted by molar-refractivity contribution is -0.146. The Labute approximate surface area is 187 Å². The molecule has 0 amide bonds. The van der Waals surface area contributed by atoms with E-state index in [9.17, 15) is 24.6 Å². The number of thiophene rings is 1. The Balaban J connectivity index is 2.33. The molecule has 0 aliphatic rings. The van der Waals surface area contributed by atoms with Crippen LogP contribution < -0.4 is 11.2 Å². The van der Waals surface area contributed by atoms with Gasteiger partial charge in [-0.25, -0.2) is 14.2 Å². The van der Waals surface area contributed by atoms with Gasteiger partial charge in [0.05, 0.1) is 43.1 Å². The lowest BCUT2D eigenvalue weighted by atomic mass is 10.1. The molecule has 0 saturated heterocycles. The van der Waals surface area contributed by atoms with Crippen LogP contribution in [0.2, 0.25) is 0 Å². The number of aliphatic hydroxyl groups excluding tert-OH is 1. The fourth-order valence-corrected chi connectivity index (χ4v) is 4.59. The molecule has 32 heavy (non-hydrogen) atoms. The van der Waals surface area contributed by atoms with Crippen LogP contribution in [0.4, 0.5) is 0 Å². The standard InChI is InChI=1S/C20H27N5O6S/c1-6-13(31-10-11(2)26)9-23-17-14(12(3)16(32-17)25-21-7-8-22-25)15(27)24(19(23)30)20(4,5)18(28)29/h7-8,11,13,26H,6,9-10H2,1-5H3,(H,28,29)/t11-,13+/m0/s1. The van der Waals surface area contributed by atoms with Crippen molar-refractivity contribution in [3.05, 3.63) is 38.8 Å². The van der Waals surface area contributed by atoms with Gasteiger partial charge in [0.25, 0.3) is 5.56 Å². The van der Waals surface area contributed by atoms with Crippen LogP contribution >= 0.6 is 11.3 Å². The second-order valence-corrected chi connectivity index (χ2v) is 9.12. The van der Waals surface area contributed by atoms with Crippen molar-refractivity contribution in [2.75, 3.05) is 6.61 Å². The van der Waals surface area contributed by atoms with Crippen LogP contribution in [0.3, 0.4) is 0 Å². The van der Waals surface area contributed by atoms with Crippen molar-refractivity contribution in [1.82, 2.24) is 24.1 Å². The molecule has 0 aliphatic heterocycles. The molecule has 12 heteroatoms. The average Bonchev–Trinajstić information content (AvgIpc) is 3.35. The zero-order valence-corrected chi connectivity index (χ0v) is 19.4. The first kappa shape index (κ1) is 23.8. The van der Waals surface area contributed by atoms with E-state index in [0.717, 1.165) is 4.57 Å². The number of nitrogens with zero attached hydrogens (tertiary/aromatic N) is 5. The summed E-state index contributed by atoms with van der Waals surface area (Å²) in [5, 5.41) is 28.3. The van der Waals surface area contributed by atoms with Crippen molar-refractivity contribution in [3.63, 3.8) is 0 Å². The number of hydrogen-bond donors (Lipinski definition) is 2. The first-order valence-corrected chi connectivity index (χ1v) is 11.0. The summed E-state index contributed by atoms with van der Waals surface area (Å²) in [6.45, 7) is 7.99. The second-order valence-electron chi connectivity index (χ2n) is 8.14. The van der Waals surface area contributed by atoms with Gasteiger partial charge in [-0.05, 0) is 34.1 Å². The summed E-state index contributed by atoms with van der Waals surface area (Å²) in [5.74, 6) is -1.30. The molecule has 2 N–H and O–H groups in total. The van der Waals surface area contributed by atoms with E-state index in [1.807, 2.05) is 6.92 Å². The Morgan fingerprint density at radius 2 is 1.91 bits per heavy atom. The van der Waals surface area contributed by atoms with E-state index in [-0.39, 0.29) is 18.5 Å². The third kappa shape index (κ3) is 4.12. The number of fused-ring (bicyclic) bond motifs is 1. The van der Waals surface area contributed by atoms with E-state index in [0.29, 0.717) is 21.8 Å². The molecule has 3 aromatic rings. The summed E-state index contributed by atoms with van der Waals surface area (Å²) in [6, 6.07) is 0. The SMILES string of the molecule is CC[C@H](Cn1c(=O)n(C(C)(C)C(=O)O)c(=O)c2c(C)c(-n3nccn3)sc21)OC[C@H](C)O. The molecule has 3 heterocycles. The van der Waals surface area contributed by atoms with Gasteiger partial charge in [-0.2, -0.15) is 10.2 Å². The number of aliphatic carboxylic acids is 1. The molecular formula is C20H27N5O6S. The van der Waals surface area contributed by atoms with Gasteiger partial charge < -0.3 is 14.9 Å². The molecule has 0 saturated carbocycles. The van der Waals surface area contributed by atoms with E-state index in [2.05, 4.69) is 10.2 Å². The number of rotatable bonds is 9. The predicted octanol–water partition coefficient (Wildman–Crippen LogP) is 1.11. The van der Waals surface area contributed by atoms with Crippen molar-refractivity contribution >= 4 is 27.5 Å². The zero-order valence-electron chi connectivity index (χ0n) is 18.6. The lowest BCUT2D eigenvalue weighted by Crippen LogP contribution is -2.53. The maximum atomic E-state index is 13.5. The van der Waals surface area contributed by atoms with Gasteiger partial charge in [-0.15, -0.1) is 4.80 Å². The van der Waals surface area contributed by atoms with Crippen LogP contribution in [0.1, 0.15) is 39.7 Å². The van der Waals surface area contributed by atoms with Crippen molar-refractivity contribution in [3.8, 4) is 5.00 Å². The minimum atomic E-state index is -1.77. The van der Waals surface area contributed by atoms with Crippen molar-refractivity contribution in [2.24, 2.45) is 0 Å². The number of carbonyl (C=O) groups is 1. The quantitative estimate of drug-likeness (QED) is 0.479. The number of aromatic nitrogens is 5. The van der Waals surface area contributed by atoms with Gasteiger partial charge in [-0.1, -0.05) is 18.3 Å². The van der Waals surface area contributed by atoms with Crippen molar-refractivity contribution < 1.29 is 19.7 Å². The highest BCUT2D eigenvalue weighted by molar-refractivity contribution is 7.21. The second kappa shape index (κ2) is 8.96. The largest absolute Gasteiger partial charge is 0.480 e. The monoisotopic (exact) mass is 465 g/mol. The Hall–Kier alpha value is -2.83. The van der Waals surface area contributed by atoms with Gasteiger partial charge in [0.2, 0.25) is 0 Å². The highest BCUT2D eigenvalue weighted by Gasteiger charge is 2.35. The minimum absolute atomic E-state index is 0.0838. The zero-order chi connectivity index (χ0) is 23.8. The summed E-state index contributed by atoms with van der Waals surface area (Å²) in [6.07, 6.45) is 2.43. The smallest absolute Gasteiger partial charge is 0.333 e. The number of hydrogen-bond acceptors (Lipinski definition) is 8. The highest BCUT2D eigenvalue weighted by atomic mass is 32.1. The molecule has 11 nitrogen and oxygen atoms in total. The number of aliphatic hydroxyl groups is 1. The summed E-state index contributed by atoms with van der Waals surface area (Å²) in [7, 11) is 0. The molecule has 3 rings (SSSR count). The van der Waals surface area contributed by atoms with Gasteiger partial charge in [-0.3, -0.25) is 9.36 Å². The first-order chi connectivity index (χ1) is 15.0. The molecule has 0 aliphatic carbocycles. The van der Waals surface area contributed by atoms with E-state index < -0.39 is 35.0 Å². The van der Waals surface area contributed by atoms with Gasteiger partial charge in [0.15, 0.2) is 0 Å². The molecular weight excluding hydrogens is 438 g/mol. The Bertz CT molecular complexity index is 1240. The van der Waals surface area contributed by atoms with Crippen LogP contribution in [0.15, 0.2) is 22.0 Å². The third-order valence-corrected chi connectivity index (χ3v) is 6.57. The molecule has 3 aromatic heterocycles. The molecule has 0 bridgehead atoms. The first-order valence-electron chi connectivity index (χ1n) is 10.2. The molecule has 174 valence electrons. The Kier molecular flexibility index (Phi) is 6.67. The number of ether oxygens (including phenoxy) is 1. The summed E-state index contributed by atoms with van der Waals surface area (Å²) >= 11 is 1.18. The molecule has 0 unspecified atom stereocenters. The van der Waals surface area contributed by atoms with Crippen LogP contribution in [-0.4, -0.2) is 59.1 Å². The normalized spacial score (nSPS) is 14.1. The topological polar surface area (TPSA) is 141 Å². The Morgan fingerprint density at radius 3 is 2.44 bits per heavy atom. The van der Waals surface area contributed by atoms with E-state index >= 15 is 0 Å². The number of carboxylic acid groups (broad SMARTS) is 1. The fourth-order valence-electron chi connectivity index (χ4n) is 3.37. The van der Waals surface area contributed by atoms with E-state index in [4.69, 9.17) is 4.74 Å². The van der Waals surface area contributed by atoms with Crippen LogP contribution in [0.25, 0.3) is 15.2 Å². The van der Waals surface area contributed by atoms with Crippen LogP contribution in [-0.2, 0) is 21.6 Å². The molecule has 0 aromatic carbocycles. The summed E-state index contributed by atoms with van der Waals surface area (Å²) in [4.78, 5) is 40.6. The third-order valence-electron chi connectivity index (χ3n) is 5.28. The number of aryl methyl sites for hydroxylation is 1. The molecule has 0 spiro atoms. The van der Waals surface area contributed by atoms with Crippen LogP contribution in [0, 0.1) is 6.92 Å². The lowest BCUT2D eigenvalue weighted by Gasteiger charge is -2.25. The minimum Gasteiger partial charge on any atom is -0.480 e. The van der Waals surface area contributed by atoms with Crippen LogP contribution in [0.5, 0.6) is 0 Å². The maximum Gasteiger partial charge on any atom is 0.333 e. The molecule has 0 radical (unpaired) electrons. The number of carboxylic acids is 1. The maximum absolute atomic E-state index is 13.5. The van der Waals surface area contributed by atoms with Gasteiger partial charge in [0, 0.05) is 5.56 Å². The van der Waals surface area contributed by atoms with Crippen molar-refractivity contribution in [1.29, 1.82) is 0 Å². The van der Waals surface area contributed by atoms with E-state index in [1.54, 1.807) is 13.8 Å². The van der Waals surface area contributed by atoms with E-state index in [1.165, 1.54) is 46.9 Å². The van der Waals surface area contributed by atoms with Gasteiger partial charge >= 0.3 is 11.7 Å². The summed E-state index contributed by atoms with van der Waals surface area (Å²) < 4.78 is 7.89. The highest BCUT2D eigenvalue weighted by Crippen LogP contribution is 2.31. The molecule has 2 atom stereocenters. The van der Waals surface area contributed by atoms with Crippen molar-refractivity contribution in [2.45, 2.75) is 65.3 Å². The fraction of sp³-hybridized carbons (Fsp3) is 0.550. The molecule has 0 fully saturated rings. The predicted molar refractivity (Wildman–Crippen MR) is 119 cm³/mol. The summed E-state index contributed by atoms with van der Waals surface area (Å²) in [5.41, 5.74) is -2.65. The average molecular weight is 466 g/mol. The Morgan fingerprint density at radius 1 is 1.28 bits per heavy atom. The van der Waals surface area contributed by atoms with Gasteiger partial charge in [0.1, 0.15) is 15.4 Å².